The highest BCUT2D eigenvalue weighted by molar-refractivity contribution is 7.93. The summed E-state index contributed by atoms with van der Waals surface area (Å²) in [5.74, 6) is -0.688. The van der Waals surface area contributed by atoms with E-state index in [1.165, 1.54) is 6.92 Å². The van der Waals surface area contributed by atoms with Crippen LogP contribution in [0.4, 0.5) is 11.4 Å². The van der Waals surface area contributed by atoms with E-state index in [9.17, 15) is 18.0 Å². The van der Waals surface area contributed by atoms with Gasteiger partial charge in [-0.2, -0.15) is 0 Å². The van der Waals surface area contributed by atoms with Crippen molar-refractivity contribution in [3.63, 3.8) is 0 Å². The Hall–Kier alpha value is -2.67. The Morgan fingerprint density at radius 3 is 1.93 bits per heavy atom. The highest BCUT2D eigenvalue weighted by Crippen LogP contribution is 2.41. The molecule has 154 valence electrons. The van der Waals surface area contributed by atoms with Crippen LogP contribution in [0.5, 0.6) is 0 Å². The van der Waals surface area contributed by atoms with E-state index in [-0.39, 0.29) is 10.8 Å². The number of hydrogen-bond donors (Lipinski definition) is 2. The summed E-state index contributed by atoms with van der Waals surface area (Å²) in [5, 5.41) is 5.43. The van der Waals surface area contributed by atoms with Crippen molar-refractivity contribution in [1.82, 2.24) is 0 Å². The SMILES string of the molecule is CC(=O)Nc1ccc(NC(=O)C2(S(=O)(=O)c3ccc(C)c(C)c3)CCCC2)cc1. The summed E-state index contributed by atoms with van der Waals surface area (Å²) in [6.07, 6.45) is 1.99. The average molecular weight is 415 g/mol. The van der Waals surface area contributed by atoms with Crippen molar-refractivity contribution in [2.75, 3.05) is 10.6 Å². The third-order valence-corrected chi connectivity index (χ3v) is 8.09. The van der Waals surface area contributed by atoms with E-state index < -0.39 is 20.5 Å². The molecule has 2 amide bonds. The molecule has 2 aromatic rings. The van der Waals surface area contributed by atoms with Gasteiger partial charge in [0, 0.05) is 18.3 Å². The van der Waals surface area contributed by atoms with Gasteiger partial charge in [-0.25, -0.2) is 8.42 Å². The van der Waals surface area contributed by atoms with Gasteiger partial charge in [0.1, 0.15) is 0 Å². The molecule has 3 rings (SSSR count). The predicted octanol–water partition coefficient (Wildman–Crippen LogP) is 3.99. The number of rotatable bonds is 5. The molecule has 0 aliphatic heterocycles. The van der Waals surface area contributed by atoms with Crippen molar-refractivity contribution < 1.29 is 18.0 Å². The zero-order valence-electron chi connectivity index (χ0n) is 16.9. The highest BCUT2D eigenvalue weighted by atomic mass is 32.2. The van der Waals surface area contributed by atoms with E-state index in [1.807, 2.05) is 13.8 Å². The number of benzene rings is 2. The van der Waals surface area contributed by atoms with Gasteiger partial charge in [-0.1, -0.05) is 18.9 Å². The molecule has 2 N–H and O–H groups in total. The summed E-state index contributed by atoms with van der Waals surface area (Å²) in [5.41, 5.74) is 2.99. The summed E-state index contributed by atoms with van der Waals surface area (Å²) < 4.78 is 25.6. The summed E-state index contributed by atoms with van der Waals surface area (Å²) in [6.45, 7) is 5.21. The van der Waals surface area contributed by atoms with Crippen LogP contribution in [0.25, 0.3) is 0 Å². The lowest BCUT2D eigenvalue weighted by Crippen LogP contribution is -2.47. The smallest absolute Gasteiger partial charge is 0.246 e. The van der Waals surface area contributed by atoms with Crippen molar-refractivity contribution in [1.29, 1.82) is 0 Å². The molecule has 1 saturated carbocycles. The van der Waals surface area contributed by atoms with Gasteiger partial charge in [0.2, 0.25) is 11.8 Å². The van der Waals surface area contributed by atoms with Crippen molar-refractivity contribution in [2.24, 2.45) is 0 Å². The topological polar surface area (TPSA) is 92.3 Å². The molecule has 1 aliphatic rings. The van der Waals surface area contributed by atoms with Crippen LogP contribution in [-0.2, 0) is 19.4 Å². The van der Waals surface area contributed by atoms with Crippen LogP contribution < -0.4 is 10.6 Å². The molecule has 0 heterocycles. The summed E-state index contributed by atoms with van der Waals surface area (Å²) in [7, 11) is -3.85. The summed E-state index contributed by atoms with van der Waals surface area (Å²) in [6, 6.07) is 11.6. The van der Waals surface area contributed by atoms with Crippen molar-refractivity contribution in [3.8, 4) is 0 Å². The minimum absolute atomic E-state index is 0.189. The van der Waals surface area contributed by atoms with Gasteiger partial charge in [-0.15, -0.1) is 0 Å². The van der Waals surface area contributed by atoms with Gasteiger partial charge in [0.15, 0.2) is 14.6 Å². The number of hydrogen-bond acceptors (Lipinski definition) is 4. The Morgan fingerprint density at radius 2 is 1.41 bits per heavy atom. The standard InChI is InChI=1S/C22H26N2O4S/c1-15-6-11-20(14-16(15)2)29(27,28)22(12-4-5-13-22)21(26)24-19-9-7-18(8-10-19)23-17(3)25/h6-11,14H,4-5,12-13H2,1-3H3,(H,23,25)(H,24,26). The van der Waals surface area contributed by atoms with E-state index in [0.29, 0.717) is 37.1 Å². The number of aryl methyl sites for hydroxylation is 2. The Kier molecular flexibility index (Phi) is 5.80. The molecule has 2 aromatic carbocycles. The van der Waals surface area contributed by atoms with Crippen LogP contribution in [0.2, 0.25) is 0 Å². The van der Waals surface area contributed by atoms with Crippen molar-refractivity contribution in [3.05, 3.63) is 53.6 Å². The first kappa shape index (κ1) is 21.0. The monoisotopic (exact) mass is 414 g/mol. The van der Waals surface area contributed by atoms with Gasteiger partial charge in [-0.05, 0) is 74.2 Å². The molecule has 0 radical (unpaired) electrons. The largest absolute Gasteiger partial charge is 0.326 e. The normalized spacial score (nSPS) is 15.7. The fourth-order valence-electron chi connectivity index (χ4n) is 3.76. The maximum Gasteiger partial charge on any atom is 0.246 e. The Balaban J connectivity index is 1.90. The van der Waals surface area contributed by atoms with Gasteiger partial charge < -0.3 is 10.6 Å². The lowest BCUT2D eigenvalue weighted by atomic mass is 10.1. The third-order valence-electron chi connectivity index (χ3n) is 5.59. The number of sulfone groups is 1. The van der Waals surface area contributed by atoms with E-state index >= 15 is 0 Å². The summed E-state index contributed by atoms with van der Waals surface area (Å²) >= 11 is 0. The fraction of sp³-hybridized carbons (Fsp3) is 0.364. The van der Waals surface area contributed by atoms with Crippen molar-refractivity contribution in [2.45, 2.75) is 56.1 Å². The molecule has 1 aliphatic carbocycles. The van der Waals surface area contributed by atoms with E-state index in [4.69, 9.17) is 0 Å². The van der Waals surface area contributed by atoms with Crippen molar-refractivity contribution >= 4 is 33.0 Å². The van der Waals surface area contributed by atoms with Crippen LogP contribution in [0, 0.1) is 13.8 Å². The first-order chi connectivity index (χ1) is 13.7. The zero-order valence-corrected chi connectivity index (χ0v) is 17.7. The minimum atomic E-state index is -3.85. The molecule has 1 fully saturated rings. The highest BCUT2D eigenvalue weighted by Gasteiger charge is 2.53. The lowest BCUT2D eigenvalue weighted by molar-refractivity contribution is -0.118. The van der Waals surface area contributed by atoms with E-state index in [0.717, 1.165) is 11.1 Å². The molecule has 0 spiro atoms. The maximum absolute atomic E-state index is 13.5. The van der Waals surface area contributed by atoms with E-state index in [2.05, 4.69) is 10.6 Å². The van der Waals surface area contributed by atoms with Gasteiger partial charge in [0.05, 0.1) is 4.90 Å². The lowest BCUT2D eigenvalue weighted by Gasteiger charge is -2.28. The van der Waals surface area contributed by atoms with Gasteiger partial charge in [-0.3, -0.25) is 9.59 Å². The van der Waals surface area contributed by atoms with Crippen LogP contribution in [0.15, 0.2) is 47.4 Å². The van der Waals surface area contributed by atoms with Gasteiger partial charge in [0.25, 0.3) is 0 Å². The molecule has 0 bridgehead atoms. The molecule has 0 aromatic heterocycles. The number of carbonyl (C=O) groups excluding carboxylic acids is 2. The summed E-state index contributed by atoms with van der Waals surface area (Å²) in [4.78, 5) is 24.5. The third kappa shape index (κ3) is 4.05. The molecular formula is C22H26N2O4S. The second-order valence-electron chi connectivity index (χ2n) is 7.66. The van der Waals surface area contributed by atoms with Gasteiger partial charge >= 0.3 is 0 Å². The number of carbonyl (C=O) groups is 2. The Bertz CT molecular complexity index is 1040. The molecular weight excluding hydrogens is 388 g/mol. The maximum atomic E-state index is 13.5. The number of amides is 2. The quantitative estimate of drug-likeness (QED) is 0.774. The van der Waals surface area contributed by atoms with E-state index in [1.54, 1.807) is 42.5 Å². The molecule has 7 heteroatoms. The number of nitrogens with one attached hydrogen (secondary N) is 2. The van der Waals surface area contributed by atoms with Crippen LogP contribution in [0.1, 0.15) is 43.7 Å². The molecule has 0 atom stereocenters. The van der Waals surface area contributed by atoms with Crippen LogP contribution in [0.3, 0.4) is 0 Å². The van der Waals surface area contributed by atoms with Crippen LogP contribution >= 0.6 is 0 Å². The second-order valence-corrected chi connectivity index (χ2v) is 9.92. The predicted molar refractivity (Wildman–Crippen MR) is 114 cm³/mol. The first-order valence-corrected chi connectivity index (χ1v) is 11.1. The molecule has 29 heavy (non-hydrogen) atoms. The molecule has 0 unspecified atom stereocenters. The average Bonchev–Trinajstić information content (AvgIpc) is 3.17. The fourth-order valence-corrected chi connectivity index (χ4v) is 5.91. The molecule has 0 saturated heterocycles. The first-order valence-electron chi connectivity index (χ1n) is 9.67. The Morgan fingerprint density at radius 1 is 0.862 bits per heavy atom. The zero-order chi connectivity index (χ0) is 21.2. The van der Waals surface area contributed by atoms with Crippen LogP contribution in [-0.4, -0.2) is 25.0 Å². The molecule has 6 nitrogen and oxygen atoms in total. The Labute approximate surface area is 171 Å². The number of anilines is 2. The second kappa shape index (κ2) is 7.99. The minimum Gasteiger partial charge on any atom is -0.326 e.